The van der Waals surface area contributed by atoms with Gasteiger partial charge in [-0.05, 0) is 25.3 Å². The number of hydrogen-bond donors (Lipinski definition) is 0. The van der Waals surface area contributed by atoms with Gasteiger partial charge in [0, 0.05) is 6.42 Å². The number of alkyl halides is 2. The third-order valence-electron chi connectivity index (χ3n) is 1.66. The van der Waals surface area contributed by atoms with Gasteiger partial charge in [0.2, 0.25) is 0 Å². The summed E-state index contributed by atoms with van der Waals surface area (Å²) in [6, 6.07) is 0. The van der Waals surface area contributed by atoms with Crippen molar-refractivity contribution in [1.82, 2.24) is 0 Å². The minimum absolute atomic E-state index is 0.395. The maximum Gasteiger partial charge on any atom is 0.378 e. The lowest BCUT2D eigenvalue weighted by Crippen LogP contribution is -2.14. The normalized spacial score (nSPS) is 17.4. The van der Waals surface area contributed by atoms with Gasteiger partial charge in [0.15, 0.2) is 0 Å². The summed E-state index contributed by atoms with van der Waals surface area (Å²) in [5.41, 5.74) is 0. The molecule has 0 aromatic heterocycles. The first-order chi connectivity index (χ1) is 5.70. The summed E-state index contributed by atoms with van der Waals surface area (Å²) in [5.74, 6) is -1.05. The summed E-state index contributed by atoms with van der Waals surface area (Å²) < 4.78 is 27.8. The van der Waals surface area contributed by atoms with Crippen molar-refractivity contribution in [2.75, 3.05) is 0 Å². The molecule has 0 saturated heterocycles. The Bertz CT molecular complexity index is 199. The van der Waals surface area contributed by atoms with Crippen molar-refractivity contribution in [2.45, 2.75) is 32.1 Å². The first-order valence-electron chi connectivity index (χ1n) is 3.89. The van der Waals surface area contributed by atoms with Gasteiger partial charge in [0.1, 0.15) is 5.76 Å². The highest BCUT2D eigenvalue weighted by molar-refractivity contribution is 5.73. The first kappa shape index (κ1) is 9.16. The standard InChI is InChI=1S/C8H10F2O2/c9-7(10)8(11)12-6-4-2-1-3-5-6/h4,7H,1-3,5H2. The monoisotopic (exact) mass is 176 g/mol. The average Bonchev–Trinajstić information content (AvgIpc) is 2.06. The fourth-order valence-corrected chi connectivity index (χ4v) is 1.08. The molecule has 0 fully saturated rings. The van der Waals surface area contributed by atoms with E-state index < -0.39 is 12.4 Å². The molecule has 0 spiro atoms. The molecule has 68 valence electrons. The SMILES string of the molecule is O=C(OC1=CCCCC1)C(F)F. The molecule has 2 nitrogen and oxygen atoms in total. The fourth-order valence-electron chi connectivity index (χ4n) is 1.08. The molecule has 0 unspecified atom stereocenters. The molecule has 1 aliphatic rings. The molecule has 1 rings (SSSR count). The summed E-state index contributed by atoms with van der Waals surface area (Å²) in [5, 5.41) is 0. The van der Waals surface area contributed by atoms with Gasteiger partial charge in [-0.25, -0.2) is 4.79 Å². The van der Waals surface area contributed by atoms with Gasteiger partial charge in [0.05, 0.1) is 0 Å². The highest BCUT2D eigenvalue weighted by Gasteiger charge is 2.19. The molecule has 12 heavy (non-hydrogen) atoms. The molecule has 0 N–H and O–H groups in total. The van der Waals surface area contributed by atoms with Crippen LogP contribution in [0, 0.1) is 0 Å². The fraction of sp³-hybridized carbons (Fsp3) is 0.625. The summed E-state index contributed by atoms with van der Waals surface area (Å²) in [6.07, 6.45) is 2.03. The summed E-state index contributed by atoms with van der Waals surface area (Å²) >= 11 is 0. The van der Waals surface area contributed by atoms with Crippen LogP contribution < -0.4 is 0 Å². The third kappa shape index (κ3) is 2.60. The number of rotatable bonds is 2. The molecule has 0 aromatic carbocycles. The van der Waals surface area contributed by atoms with Crippen molar-refractivity contribution in [3.63, 3.8) is 0 Å². The smallest absolute Gasteiger partial charge is 0.378 e. The molecule has 1 aliphatic carbocycles. The summed E-state index contributed by atoms with van der Waals surface area (Å²) in [7, 11) is 0. The largest absolute Gasteiger partial charge is 0.427 e. The molecule has 0 saturated carbocycles. The van der Waals surface area contributed by atoms with Gasteiger partial charge in [0.25, 0.3) is 0 Å². The van der Waals surface area contributed by atoms with E-state index in [1.165, 1.54) is 0 Å². The molecule has 0 amide bonds. The number of ether oxygens (including phenoxy) is 1. The Kier molecular flexibility index (Phi) is 3.19. The van der Waals surface area contributed by atoms with Crippen LogP contribution in [-0.2, 0) is 9.53 Å². The van der Waals surface area contributed by atoms with Crippen molar-refractivity contribution < 1.29 is 18.3 Å². The van der Waals surface area contributed by atoms with Crippen molar-refractivity contribution in [3.8, 4) is 0 Å². The topological polar surface area (TPSA) is 26.3 Å². The molecule has 0 bridgehead atoms. The van der Waals surface area contributed by atoms with Crippen molar-refractivity contribution in [3.05, 3.63) is 11.8 Å². The second kappa shape index (κ2) is 4.18. The predicted molar refractivity (Wildman–Crippen MR) is 38.6 cm³/mol. The molecule has 0 radical (unpaired) electrons. The van der Waals surface area contributed by atoms with Crippen LogP contribution in [0.2, 0.25) is 0 Å². The van der Waals surface area contributed by atoms with E-state index in [4.69, 9.17) is 0 Å². The number of allylic oxidation sites excluding steroid dienone is 2. The number of carbonyl (C=O) groups excluding carboxylic acids is 1. The van der Waals surface area contributed by atoms with Gasteiger partial charge < -0.3 is 4.74 Å². The Balaban J connectivity index is 2.39. The maximum absolute atomic E-state index is 11.7. The van der Waals surface area contributed by atoms with Gasteiger partial charge in [-0.2, -0.15) is 8.78 Å². The van der Waals surface area contributed by atoms with Gasteiger partial charge in [-0.1, -0.05) is 0 Å². The second-order valence-electron chi connectivity index (χ2n) is 2.64. The molecule has 0 atom stereocenters. The van der Waals surface area contributed by atoms with E-state index >= 15 is 0 Å². The van der Waals surface area contributed by atoms with Crippen LogP contribution in [-0.4, -0.2) is 12.4 Å². The lowest BCUT2D eigenvalue weighted by Gasteiger charge is -2.11. The Hall–Kier alpha value is -0.930. The van der Waals surface area contributed by atoms with Crippen LogP contribution in [0.15, 0.2) is 11.8 Å². The summed E-state index contributed by atoms with van der Waals surface area (Å²) in [6.45, 7) is 0. The first-order valence-corrected chi connectivity index (χ1v) is 3.89. The maximum atomic E-state index is 11.7. The van der Waals surface area contributed by atoms with Crippen LogP contribution >= 0.6 is 0 Å². The van der Waals surface area contributed by atoms with Gasteiger partial charge in [-0.15, -0.1) is 0 Å². The van der Waals surface area contributed by atoms with Gasteiger partial charge in [-0.3, -0.25) is 0 Å². The zero-order valence-corrected chi connectivity index (χ0v) is 6.56. The Labute approximate surface area is 69.2 Å². The average molecular weight is 176 g/mol. The molecular weight excluding hydrogens is 166 g/mol. The van der Waals surface area contributed by atoms with E-state index in [1.807, 2.05) is 0 Å². The summed E-state index contributed by atoms with van der Waals surface area (Å²) in [4.78, 5) is 10.4. The lowest BCUT2D eigenvalue weighted by molar-refractivity contribution is -0.152. The van der Waals surface area contributed by atoms with E-state index in [-0.39, 0.29) is 0 Å². The second-order valence-corrected chi connectivity index (χ2v) is 2.64. The van der Waals surface area contributed by atoms with Gasteiger partial charge >= 0.3 is 12.4 Å². The highest BCUT2D eigenvalue weighted by Crippen LogP contribution is 2.18. The van der Waals surface area contributed by atoms with Crippen molar-refractivity contribution in [1.29, 1.82) is 0 Å². The minimum atomic E-state index is -3.02. The van der Waals surface area contributed by atoms with Crippen LogP contribution in [0.4, 0.5) is 8.78 Å². The molecule has 0 aliphatic heterocycles. The molecule has 0 heterocycles. The third-order valence-corrected chi connectivity index (χ3v) is 1.66. The Morgan fingerprint density at radius 3 is 2.75 bits per heavy atom. The van der Waals surface area contributed by atoms with Crippen LogP contribution in [0.5, 0.6) is 0 Å². The highest BCUT2D eigenvalue weighted by atomic mass is 19.3. The van der Waals surface area contributed by atoms with Crippen molar-refractivity contribution in [2.24, 2.45) is 0 Å². The van der Waals surface area contributed by atoms with E-state index in [2.05, 4.69) is 4.74 Å². The number of halogens is 2. The quantitative estimate of drug-likeness (QED) is 0.603. The number of hydrogen-bond acceptors (Lipinski definition) is 2. The zero-order valence-electron chi connectivity index (χ0n) is 6.56. The minimum Gasteiger partial charge on any atom is -0.427 e. The van der Waals surface area contributed by atoms with Crippen LogP contribution in [0.1, 0.15) is 25.7 Å². The van der Waals surface area contributed by atoms with E-state index in [1.54, 1.807) is 6.08 Å². The number of carbonyl (C=O) groups is 1. The predicted octanol–water partition coefficient (Wildman–Crippen LogP) is 2.25. The Morgan fingerprint density at radius 1 is 1.50 bits per heavy atom. The number of esters is 1. The van der Waals surface area contributed by atoms with E-state index in [0.717, 1.165) is 19.3 Å². The van der Waals surface area contributed by atoms with E-state index in [0.29, 0.717) is 12.2 Å². The van der Waals surface area contributed by atoms with Crippen LogP contribution in [0.25, 0.3) is 0 Å². The van der Waals surface area contributed by atoms with E-state index in [9.17, 15) is 13.6 Å². The lowest BCUT2D eigenvalue weighted by atomic mass is 10.1. The molecule has 0 aromatic rings. The molecule has 4 heteroatoms. The zero-order chi connectivity index (χ0) is 8.97. The van der Waals surface area contributed by atoms with Crippen LogP contribution in [0.3, 0.4) is 0 Å². The Morgan fingerprint density at radius 2 is 2.25 bits per heavy atom. The van der Waals surface area contributed by atoms with Crippen molar-refractivity contribution >= 4 is 5.97 Å². The molecular formula is C8H10F2O2.